The van der Waals surface area contributed by atoms with E-state index in [2.05, 4.69) is 17.3 Å². The third-order valence-corrected chi connectivity index (χ3v) is 0. The van der Waals surface area contributed by atoms with Crippen molar-refractivity contribution in [3.63, 3.8) is 0 Å². The summed E-state index contributed by atoms with van der Waals surface area (Å²) in [6.07, 6.45) is 0. The summed E-state index contributed by atoms with van der Waals surface area (Å²) >= 11 is -0.479. The van der Waals surface area contributed by atoms with Crippen molar-refractivity contribution >= 4 is 41.5 Å². The predicted octanol–water partition coefficient (Wildman–Crippen LogP) is 0.361. The summed E-state index contributed by atoms with van der Waals surface area (Å²) in [4.78, 5) is 32.0. The zero-order chi connectivity index (χ0) is 11.6. The molecule has 0 heterocycles. The van der Waals surface area contributed by atoms with Gasteiger partial charge in [0.15, 0.2) is 0 Å². The summed E-state index contributed by atoms with van der Waals surface area (Å²) in [5.41, 5.74) is 0. The maximum Gasteiger partial charge on any atom is 0 e. The molecule has 0 saturated heterocycles. The second-order valence-electron chi connectivity index (χ2n) is 1.73. The van der Waals surface area contributed by atoms with Crippen LogP contribution in [0.5, 0.6) is 0 Å². The van der Waals surface area contributed by atoms with Gasteiger partial charge in [0.05, 0.1) is 0 Å². The smallest absolute Gasteiger partial charge is 0 e. The molecule has 0 N–H and O–H groups in total. The third-order valence-electron chi connectivity index (χ3n) is 0. The van der Waals surface area contributed by atoms with E-state index in [1.807, 2.05) is 27.2 Å². The summed E-state index contributed by atoms with van der Waals surface area (Å²) in [5, 5.41) is 0. The minimum absolute atomic E-state index is 0. The fourth-order valence-electron chi connectivity index (χ4n) is 0. The van der Waals surface area contributed by atoms with Gasteiger partial charge in [0, 0.05) is 16.8 Å². The molecule has 0 unspecified atom stereocenters. The molecule has 4 nitrogen and oxygen atoms in total. The van der Waals surface area contributed by atoms with E-state index in [4.69, 9.17) is 19.2 Å². The van der Waals surface area contributed by atoms with Crippen LogP contribution in [-0.4, -0.2) is 41.5 Å². The molecular formula is C7H18CoGeO4. The maximum absolute atomic E-state index is 8.00. The zero-order valence-corrected chi connectivity index (χ0v) is 11.8. The fourth-order valence-corrected chi connectivity index (χ4v) is 0. The molecule has 1 radical (unpaired) electrons. The molecule has 0 aromatic heterocycles. The number of carbonyl (C=O) groups excluding carboxylic acids is 4. The second kappa shape index (κ2) is 181. The monoisotopic (exact) mass is 299 g/mol. The van der Waals surface area contributed by atoms with Crippen LogP contribution in [0.15, 0.2) is 0 Å². The molecule has 0 atom stereocenters. The van der Waals surface area contributed by atoms with Crippen LogP contribution in [-0.2, 0) is 36.0 Å². The number of rotatable bonds is 0. The van der Waals surface area contributed by atoms with E-state index in [-0.39, 0.29) is 16.8 Å². The van der Waals surface area contributed by atoms with Gasteiger partial charge >= 0.3 is 31.6 Å². The molecule has 0 aromatic rings. The van der Waals surface area contributed by atoms with Gasteiger partial charge < -0.3 is 19.2 Å². The molecule has 0 spiro atoms. The van der Waals surface area contributed by atoms with Crippen molar-refractivity contribution in [3.8, 4) is 0 Å². The van der Waals surface area contributed by atoms with Gasteiger partial charge in [-0.05, 0) is 0 Å². The first kappa shape index (κ1) is 38.7. The van der Waals surface area contributed by atoms with Crippen LogP contribution < -0.4 is 0 Å². The van der Waals surface area contributed by atoms with Gasteiger partial charge in [0.2, 0.25) is 0 Å². The van der Waals surface area contributed by atoms with Crippen molar-refractivity contribution < 1.29 is 36.0 Å². The minimum atomic E-state index is -0.479. The van der Waals surface area contributed by atoms with E-state index in [1.54, 1.807) is 0 Å². The van der Waals surface area contributed by atoms with Crippen molar-refractivity contribution in [2.24, 2.45) is 0 Å². The van der Waals surface area contributed by atoms with Crippen LogP contribution in [0.1, 0.15) is 0 Å². The topological polar surface area (TPSA) is 68.3 Å². The Morgan fingerprint density at radius 2 is 0.615 bits per heavy atom. The van der Waals surface area contributed by atoms with Crippen LogP contribution in [0.3, 0.4) is 0 Å². The Morgan fingerprint density at radius 3 is 0.615 bits per heavy atom. The van der Waals surface area contributed by atoms with Crippen LogP contribution in [0.4, 0.5) is 0 Å². The van der Waals surface area contributed by atoms with Gasteiger partial charge in [-0.3, -0.25) is 0 Å². The van der Waals surface area contributed by atoms with Gasteiger partial charge in [-0.2, -0.15) is 0 Å². The van der Waals surface area contributed by atoms with Crippen molar-refractivity contribution in [2.45, 2.75) is 17.3 Å². The second-order valence-corrected chi connectivity index (χ2v) is 9.00. The maximum atomic E-state index is 8.00. The van der Waals surface area contributed by atoms with E-state index in [0.29, 0.717) is 0 Å². The Bertz CT molecular complexity index is 47.0. The molecule has 0 bridgehead atoms. The van der Waals surface area contributed by atoms with Crippen molar-refractivity contribution in [3.05, 3.63) is 0 Å². The Morgan fingerprint density at radius 1 is 0.615 bits per heavy atom. The van der Waals surface area contributed by atoms with Crippen LogP contribution >= 0.6 is 0 Å². The molecule has 0 aliphatic carbocycles. The van der Waals surface area contributed by atoms with Gasteiger partial charge in [-0.15, -0.1) is 0 Å². The first-order valence-corrected chi connectivity index (χ1v) is 10.2. The predicted molar refractivity (Wildman–Crippen MR) is 53.2 cm³/mol. The van der Waals surface area contributed by atoms with Gasteiger partial charge in [-0.1, -0.05) is 0 Å². The molecule has 6 heteroatoms. The number of hydrogen-bond acceptors (Lipinski definition) is 4. The number of hydrogen-bond donors (Lipinski definition) is 0. The standard InChI is InChI=1S/C3H10Ge.4CH2O.Co/c1-4(2)3;4*1-2;/h4H,1-3H3;4*1H2;. The average Bonchev–Trinajstić information content (AvgIpc) is 2.16. The Kier molecular flexibility index (Phi) is 539. The Labute approximate surface area is 94.8 Å². The van der Waals surface area contributed by atoms with Gasteiger partial charge in [0.1, 0.15) is 27.2 Å². The molecule has 83 valence electrons. The van der Waals surface area contributed by atoms with Crippen molar-refractivity contribution in [2.75, 3.05) is 0 Å². The van der Waals surface area contributed by atoms with E-state index < -0.39 is 14.3 Å². The molecule has 0 amide bonds. The first-order chi connectivity index (χ1) is 5.73. The SMILES string of the molecule is C=O.C=O.C=O.C=O.[CH3][GeH]([CH3])[CH3].[Co]. The summed E-state index contributed by atoms with van der Waals surface area (Å²) in [6.45, 7) is 8.00. The van der Waals surface area contributed by atoms with Crippen molar-refractivity contribution in [1.82, 2.24) is 0 Å². The Hall–Kier alpha value is -0.271. The van der Waals surface area contributed by atoms with Gasteiger partial charge in [0.25, 0.3) is 0 Å². The molecule has 0 aliphatic heterocycles. The molecule has 13 heavy (non-hydrogen) atoms. The van der Waals surface area contributed by atoms with Gasteiger partial charge in [-0.25, -0.2) is 0 Å². The summed E-state index contributed by atoms with van der Waals surface area (Å²) in [6, 6.07) is 0. The summed E-state index contributed by atoms with van der Waals surface area (Å²) < 4.78 is 0. The normalized spacial score (nSPS) is 4.00. The van der Waals surface area contributed by atoms with E-state index in [1.165, 1.54) is 0 Å². The third kappa shape index (κ3) is 15200. The quantitative estimate of drug-likeness (QED) is 0.606. The molecule has 0 rings (SSSR count). The molecule has 0 saturated carbocycles. The fraction of sp³-hybridized carbons (Fsp3) is 0.429. The average molecular weight is 298 g/mol. The molecule has 0 aliphatic rings. The molecule has 0 fully saturated rings. The summed E-state index contributed by atoms with van der Waals surface area (Å²) in [7, 11) is 0. The summed E-state index contributed by atoms with van der Waals surface area (Å²) in [5.74, 6) is 7.06. The van der Waals surface area contributed by atoms with Crippen LogP contribution in [0, 0.1) is 0 Å². The van der Waals surface area contributed by atoms with E-state index >= 15 is 0 Å². The largest absolute Gasteiger partial charge is 0 e. The van der Waals surface area contributed by atoms with Crippen molar-refractivity contribution in [1.29, 1.82) is 0 Å². The minimum Gasteiger partial charge on any atom is 0 e. The van der Waals surface area contributed by atoms with Crippen LogP contribution in [0.25, 0.3) is 0 Å². The van der Waals surface area contributed by atoms with E-state index in [0.717, 1.165) is 0 Å². The van der Waals surface area contributed by atoms with Crippen LogP contribution in [0.2, 0.25) is 17.3 Å². The molecular weight excluding hydrogens is 280 g/mol. The zero-order valence-electron chi connectivity index (χ0n) is 8.37. The Balaban J connectivity index is -0.0000000122. The molecule has 0 aromatic carbocycles. The van der Waals surface area contributed by atoms with E-state index in [9.17, 15) is 0 Å². The number of carbonyl (C=O) groups is 4. The first-order valence-electron chi connectivity index (χ1n) is 2.89.